The van der Waals surface area contributed by atoms with E-state index in [0.29, 0.717) is 12.0 Å². The first-order valence-electron chi connectivity index (χ1n) is 4.07. The Morgan fingerprint density at radius 3 is 2.46 bits per heavy atom. The molecule has 0 saturated carbocycles. The number of ketones is 1. The number of halogens is 1. The van der Waals surface area contributed by atoms with Gasteiger partial charge in [0, 0.05) is 24.5 Å². The van der Waals surface area contributed by atoms with Gasteiger partial charge in [-0.25, -0.2) is 0 Å². The summed E-state index contributed by atoms with van der Waals surface area (Å²) >= 11 is 5.41. The van der Waals surface area contributed by atoms with Crippen LogP contribution in [0.3, 0.4) is 0 Å². The minimum absolute atomic E-state index is 0.0706. The highest BCUT2D eigenvalue weighted by molar-refractivity contribution is 6.27. The Hall–Kier alpha value is -0.830. The van der Waals surface area contributed by atoms with Crippen molar-refractivity contribution in [1.82, 2.24) is 0 Å². The van der Waals surface area contributed by atoms with Gasteiger partial charge in [-0.3, -0.25) is 9.59 Å². The lowest BCUT2D eigenvalue weighted by Gasteiger charge is -2.02. The molecule has 0 aliphatic carbocycles. The number of rotatable bonds is 5. The molecule has 0 aromatic heterocycles. The molecule has 0 aliphatic rings. The second-order valence-electron chi connectivity index (χ2n) is 2.50. The molecule has 0 atom stereocenters. The van der Waals surface area contributed by atoms with Crippen molar-refractivity contribution in [3.8, 4) is 0 Å². The van der Waals surface area contributed by atoms with Crippen molar-refractivity contribution in [2.24, 2.45) is 0 Å². The van der Waals surface area contributed by atoms with Crippen LogP contribution in [0.5, 0.6) is 0 Å². The molecule has 0 aliphatic heterocycles. The standard InChI is InChI=1S/C9H13ClO3/c1-3-8(6-10)9(12)4-5-13-7(2)11/h6H,3-5H2,1-2H3/b8-6-. The molecule has 0 saturated heterocycles. The second-order valence-corrected chi connectivity index (χ2v) is 2.72. The first-order chi connectivity index (χ1) is 6.11. The van der Waals surface area contributed by atoms with Crippen LogP contribution in [0.2, 0.25) is 0 Å². The van der Waals surface area contributed by atoms with E-state index < -0.39 is 0 Å². The lowest BCUT2D eigenvalue weighted by Crippen LogP contribution is -2.08. The van der Waals surface area contributed by atoms with E-state index in [4.69, 9.17) is 11.6 Å². The molecule has 74 valence electrons. The molecular weight excluding hydrogens is 192 g/mol. The number of allylic oxidation sites excluding steroid dienone is 1. The van der Waals surface area contributed by atoms with Crippen LogP contribution in [0, 0.1) is 0 Å². The van der Waals surface area contributed by atoms with Gasteiger partial charge < -0.3 is 4.74 Å². The molecule has 0 N–H and O–H groups in total. The van der Waals surface area contributed by atoms with E-state index in [-0.39, 0.29) is 24.8 Å². The number of hydrogen-bond acceptors (Lipinski definition) is 3. The molecule has 0 fully saturated rings. The number of Topliss-reactive ketones (excluding diaryl/α,β-unsaturated/α-hetero) is 1. The second kappa shape index (κ2) is 6.66. The van der Waals surface area contributed by atoms with E-state index in [9.17, 15) is 9.59 Å². The molecule has 0 radical (unpaired) electrons. The van der Waals surface area contributed by atoms with E-state index in [1.165, 1.54) is 12.5 Å². The smallest absolute Gasteiger partial charge is 0.302 e. The van der Waals surface area contributed by atoms with Crippen molar-refractivity contribution in [3.05, 3.63) is 11.1 Å². The maximum Gasteiger partial charge on any atom is 0.302 e. The molecular formula is C9H13ClO3. The Kier molecular flexibility index (Phi) is 6.24. The van der Waals surface area contributed by atoms with Crippen LogP contribution in [0.1, 0.15) is 26.7 Å². The predicted octanol–water partition coefficient (Wildman–Crippen LogP) is 2.04. The normalized spacial score (nSPS) is 11.2. The lowest BCUT2D eigenvalue weighted by atomic mass is 10.1. The number of carbonyl (C=O) groups is 2. The minimum atomic E-state index is -0.374. The van der Waals surface area contributed by atoms with E-state index in [1.807, 2.05) is 6.92 Å². The third kappa shape index (κ3) is 5.42. The monoisotopic (exact) mass is 204 g/mol. The molecule has 0 unspecified atom stereocenters. The van der Waals surface area contributed by atoms with Crippen LogP contribution in [0.25, 0.3) is 0 Å². The first-order valence-corrected chi connectivity index (χ1v) is 4.51. The SMILES string of the molecule is CC/C(=C/Cl)C(=O)CCOC(C)=O. The zero-order valence-electron chi connectivity index (χ0n) is 7.80. The summed E-state index contributed by atoms with van der Waals surface area (Å²) in [6.45, 7) is 3.28. The minimum Gasteiger partial charge on any atom is -0.465 e. The average molecular weight is 205 g/mol. The van der Waals surface area contributed by atoms with Crippen LogP contribution < -0.4 is 0 Å². The fourth-order valence-corrected chi connectivity index (χ4v) is 1.06. The van der Waals surface area contributed by atoms with Gasteiger partial charge in [0.25, 0.3) is 0 Å². The molecule has 0 bridgehead atoms. The van der Waals surface area contributed by atoms with Crippen LogP contribution in [-0.2, 0) is 14.3 Å². The number of carbonyl (C=O) groups excluding carboxylic acids is 2. The van der Waals surface area contributed by atoms with Gasteiger partial charge in [0.1, 0.15) is 0 Å². The van der Waals surface area contributed by atoms with Crippen molar-refractivity contribution in [2.75, 3.05) is 6.61 Å². The number of hydrogen-bond donors (Lipinski definition) is 0. The Bertz CT molecular complexity index is 221. The Labute approximate surface area is 82.7 Å². The van der Waals surface area contributed by atoms with Crippen LogP contribution in [0.15, 0.2) is 11.1 Å². The van der Waals surface area contributed by atoms with Crippen molar-refractivity contribution in [1.29, 1.82) is 0 Å². The summed E-state index contributed by atoms with van der Waals surface area (Å²) in [5, 5.41) is 0. The third-order valence-electron chi connectivity index (χ3n) is 1.51. The van der Waals surface area contributed by atoms with Gasteiger partial charge in [-0.15, -0.1) is 0 Å². The topological polar surface area (TPSA) is 43.4 Å². The molecule has 0 spiro atoms. The highest BCUT2D eigenvalue weighted by atomic mass is 35.5. The van der Waals surface area contributed by atoms with E-state index in [1.54, 1.807) is 0 Å². The van der Waals surface area contributed by atoms with Gasteiger partial charge in [0.15, 0.2) is 5.78 Å². The van der Waals surface area contributed by atoms with Crippen molar-refractivity contribution >= 4 is 23.4 Å². The summed E-state index contributed by atoms with van der Waals surface area (Å²) in [6, 6.07) is 0. The predicted molar refractivity (Wildman–Crippen MR) is 50.5 cm³/mol. The molecule has 13 heavy (non-hydrogen) atoms. The Morgan fingerprint density at radius 2 is 2.08 bits per heavy atom. The summed E-state index contributed by atoms with van der Waals surface area (Å²) in [6.07, 6.45) is 0.800. The van der Waals surface area contributed by atoms with Gasteiger partial charge in [-0.2, -0.15) is 0 Å². The Morgan fingerprint density at radius 1 is 1.46 bits per heavy atom. The summed E-state index contributed by atoms with van der Waals surface area (Å²) in [5.41, 5.74) is 1.84. The largest absolute Gasteiger partial charge is 0.465 e. The molecule has 0 aromatic rings. The van der Waals surface area contributed by atoms with Gasteiger partial charge in [-0.1, -0.05) is 18.5 Å². The fourth-order valence-electron chi connectivity index (χ4n) is 0.783. The molecule has 0 amide bonds. The molecule has 0 heterocycles. The Balaban J connectivity index is 3.81. The van der Waals surface area contributed by atoms with Crippen LogP contribution in [0.4, 0.5) is 0 Å². The summed E-state index contributed by atoms with van der Waals surface area (Å²) in [5.74, 6) is -0.445. The summed E-state index contributed by atoms with van der Waals surface area (Å²) < 4.78 is 4.62. The van der Waals surface area contributed by atoms with Crippen molar-refractivity contribution < 1.29 is 14.3 Å². The number of esters is 1. The van der Waals surface area contributed by atoms with Gasteiger partial charge in [0.2, 0.25) is 0 Å². The molecule has 4 heteroatoms. The highest BCUT2D eigenvalue weighted by Crippen LogP contribution is 2.06. The summed E-state index contributed by atoms with van der Waals surface area (Å²) in [4.78, 5) is 21.6. The zero-order chi connectivity index (χ0) is 10.3. The molecule has 0 aromatic carbocycles. The van der Waals surface area contributed by atoms with Crippen molar-refractivity contribution in [3.63, 3.8) is 0 Å². The number of ether oxygens (including phenoxy) is 1. The zero-order valence-corrected chi connectivity index (χ0v) is 8.56. The van der Waals surface area contributed by atoms with Crippen molar-refractivity contribution in [2.45, 2.75) is 26.7 Å². The summed E-state index contributed by atoms with van der Waals surface area (Å²) in [7, 11) is 0. The van der Waals surface area contributed by atoms with Crippen LogP contribution >= 0.6 is 11.6 Å². The molecule has 0 rings (SSSR count). The van der Waals surface area contributed by atoms with Gasteiger partial charge in [-0.05, 0) is 6.42 Å². The van der Waals surface area contributed by atoms with E-state index in [0.717, 1.165) is 0 Å². The highest BCUT2D eigenvalue weighted by Gasteiger charge is 2.07. The van der Waals surface area contributed by atoms with E-state index in [2.05, 4.69) is 4.74 Å². The van der Waals surface area contributed by atoms with Gasteiger partial charge in [0.05, 0.1) is 6.61 Å². The fraction of sp³-hybridized carbons (Fsp3) is 0.556. The van der Waals surface area contributed by atoms with Crippen LogP contribution in [-0.4, -0.2) is 18.4 Å². The maximum atomic E-state index is 11.2. The van der Waals surface area contributed by atoms with Gasteiger partial charge >= 0.3 is 5.97 Å². The lowest BCUT2D eigenvalue weighted by molar-refractivity contribution is -0.141. The van der Waals surface area contributed by atoms with E-state index >= 15 is 0 Å². The third-order valence-corrected chi connectivity index (χ3v) is 1.77. The average Bonchev–Trinajstić information content (AvgIpc) is 2.05. The molecule has 3 nitrogen and oxygen atoms in total. The maximum absolute atomic E-state index is 11.2. The first kappa shape index (κ1) is 12.2. The quantitative estimate of drug-likeness (QED) is 0.509.